The Balaban J connectivity index is 2.50. The Bertz CT molecular complexity index is 397. The number of thiocarbonyl (C=S) groups is 1. The molecule has 1 rings (SSSR count). The summed E-state index contributed by atoms with van der Waals surface area (Å²) in [5.74, 6) is 0.779. The van der Waals surface area contributed by atoms with Crippen molar-refractivity contribution in [1.82, 2.24) is 5.32 Å². The molecule has 0 aliphatic heterocycles. The topological polar surface area (TPSA) is 42.5 Å². The summed E-state index contributed by atoms with van der Waals surface area (Å²) in [6.07, 6.45) is 0.920. The smallest absolute Gasteiger partial charge is 0.170 e. The van der Waals surface area contributed by atoms with Gasteiger partial charge in [-0.05, 0) is 43.3 Å². The second kappa shape index (κ2) is 7.89. The molecule has 0 heterocycles. The monoisotopic (exact) mass is 268 g/mol. The molecule has 0 aromatic heterocycles. The molecule has 0 unspecified atom stereocenters. The Morgan fingerprint density at radius 3 is 2.78 bits per heavy atom. The molecule has 0 saturated heterocycles. The average molecular weight is 268 g/mol. The lowest BCUT2D eigenvalue weighted by Gasteiger charge is -2.13. The molecule has 0 bridgehead atoms. The molecule has 2 N–H and O–H groups in total. The van der Waals surface area contributed by atoms with E-state index in [1.165, 1.54) is 0 Å². The normalized spacial score (nSPS) is 9.94. The zero-order valence-corrected chi connectivity index (χ0v) is 11.9. The Morgan fingerprint density at radius 2 is 2.11 bits per heavy atom. The van der Waals surface area contributed by atoms with E-state index >= 15 is 0 Å². The lowest BCUT2D eigenvalue weighted by molar-refractivity contribution is 0.196. The van der Waals surface area contributed by atoms with Gasteiger partial charge in [0, 0.05) is 20.3 Å². The molecule has 0 aliphatic carbocycles. The highest BCUT2D eigenvalue weighted by molar-refractivity contribution is 7.80. The van der Waals surface area contributed by atoms with Crippen LogP contribution in [-0.4, -0.2) is 32.5 Å². The maximum atomic E-state index is 5.27. The summed E-state index contributed by atoms with van der Waals surface area (Å²) in [4.78, 5) is 0. The molecule has 0 aliphatic rings. The van der Waals surface area contributed by atoms with Gasteiger partial charge in [0.2, 0.25) is 0 Å². The van der Waals surface area contributed by atoms with Gasteiger partial charge in [-0.25, -0.2) is 0 Å². The second-order valence-corrected chi connectivity index (χ2v) is 4.34. The maximum Gasteiger partial charge on any atom is 0.170 e. The van der Waals surface area contributed by atoms with Gasteiger partial charge in [-0.3, -0.25) is 0 Å². The number of methoxy groups -OCH3 is 2. The number of nitrogens with one attached hydrogen (secondary N) is 2. The van der Waals surface area contributed by atoms with Crippen LogP contribution in [0.2, 0.25) is 0 Å². The Kier molecular flexibility index (Phi) is 6.46. The predicted octanol–water partition coefficient (Wildman–Crippen LogP) is 2.33. The summed E-state index contributed by atoms with van der Waals surface area (Å²) in [7, 11) is 3.33. The standard InChI is InChI=1S/C13H20N2O2S/c1-10-5-6-12(17-3)11(9-10)15-13(18)14-7-4-8-16-2/h5-6,9H,4,7-8H2,1-3H3,(H2,14,15,18). The van der Waals surface area contributed by atoms with E-state index < -0.39 is 0 Å². The highest BCUT2D eigenvalue weighted by Crippen LogP contribution is 2.24. The number of hydrogen-bond acceptors (Lipinski definition) is 3. The fourth-order valence-corrected chi connectivity index (χ4v) is 1.72. The largest absolute Gasteiger partial charge is 0.495 e. The highest BCUT2D eigenvalue weighted by atomic mass is 32.1. The van der Waals surface area contributed by atoms with Gasteiger partial charge in [-0.1, -0.05) is 6.07 Å². The fraction of sp³-hybridized carbons (Fsp3) is 0.462. The first-order valence-electron chi connectivity index (χ1n) is 5.86. The Hall–Kier alpha value is -1.33. The highest BCUT2D eigenvalue weighted by Gasteiger charge is 2.04. The number of rotatable bonds is 6. The van der Waals surface area contributed by atoms with Gasteiger partial charge in [0.1, 0.15) is 5.75 Å². The minimum absolute atomic E-state index is 0.593. The van der Waals surface area contributed by atoms with Crippen molar-refractivity contribution in [2.75, 3.05) is 32.7 Å². The van der Waals surface area contributed by atoms with Crippen LogP contribution in [0.4, 0.5) is 5.69 Å². The lowest BCUT2D eigenvalue weighted by Crippen LogP contribution is -2.29. The van der Waals surface area contributed by atoms with E-state index in [1.807, 2.05) is 25.1 Å². The zero-order valence-electron chi connectivity index (χ0n) is 11.1. The van der Waals surface area contributed by atoms with Gasteiger partial charge in [0.25, 0.3) is 0 Å². The third-order valence-corrected chi connectivity index (χ3v) is 2.66. The summed E-state index contributed by atoms with van der Waals surface area (Å²) in [5.41, 5.74) is 2.03. The summed E-state index contributed by atoms with van der Waals surface area (Å²) in [6.45, 7) is 3.54. The van der Waals surface area contributed by atoms with Crippen LogP contribution in [0.15, 0.2) is 18.2 Å². The van der Waals surface area contributed by atoms with E-state index in [2.05, 4.69) is 10.6 Å². The van der Waals surface area contributed by atoms with Gasteiger partial charge in [-0.15, -0.1) is 0 Å². The molecule has 0 spiro atoms. The molecular formula is C13H20N2O2S. The lowest BCUT2D eigenvalue weighted by atomic mass is 10.2. The molecule has 100 valence electrons. The van der Waals surface area contributed by atoms with Crippen LogP contribution in [0.1, 0.15) is 12.0 Å². The zero-order chi connectivity index (χ0) is 13.4. The molecule has 1 aromatic carbocycles. The van der Waals surface area contributed by atoms with Gasteiger partial charge in [-0.2, -0.15) is 0 Å². The molecule has 4 nitrogen and oxygen atoms in total. The average Bonchev–Trinajstić information content (AvgIpc) is 2.35. The first kappa shape index (κ1) is 14.7. The van der Waals surface area contributed by atoms with Crippen molar-refractivity contribution in [3.63, 3.8) is 0 Å². The van der Waals surface area contributed by atoms with Crippen molar-refractivity contribution >= 4 is 23.0 Å². The van der Waals surface area contributed by atoms with Crippen LogP contribution in [0.3, 0.4) is 0 Å². The Labute approximate surface area is 114 Å². The van der Waals surface area contributed by atoms with Crippen molar-refractivity contribution in [3.8, 4) is 5.75 Å². The van der Waals surface area contributed by atoms with Crippen molar-refractivity contribution in [1.29, 1.82) is 0 Å². The number of ether oxygens (including phenoxy) is 2. The molecule has 5 heteroatoms. The van der Waals surface area contributed by atoms with Crippen molar-refractivity contribution in [2.24, 2.45) is 0 Å². The van der Waals surface area contributed by atoms with E-state index in [-0.39, 0.29) is 0 Å². The molecular weight excluding hydrogens is 248 g/mol. The van der Waals surface area contributed by atoms with Crippen molar-refractivity contribution in [2.45, 2.75) is 13.3 Å². The molecule has 18 heavy (non-hydrogen) atoms. The third kappa shape index (κ3) is 4.89. The summed E-state index contributed by atoms with van der Waals surface area (Å²) in [6, 6.07) is 5.92. The van der Waals surface area contributed by atoms with E-state index in [0.717, 1.165) is 36.6 Å². The van der Waals surface area contributed by atoms with E-state index in [9.17, 15) is 0 Å². The molecule has 0 radical (unpaired) electrons. The van der Waals surface area contributed by atoms with E-state index in [0.29, 0.717) is 5.11 Å². The number of hydrogen-bond donors (Lipinski definition) is 2. The SMILES string of the molecule is COCCCNC(=S)Nc1cc(C)ccc1OC. The van der Waals surface area contributed by atoms with Crippen LogP contribution < -0.4 is 15.4 Å². The molecule has 0 saturated carbocycles. The van der Waals surface area contributed by atoms with Gasteiger partial charge < -0.3 is 20.1 Å². The van der Waals surface area contributed by atoms with Crippen LogP contribution >= 0.6 is 12.2 Å². The van der Waals surface area contributed by atoms with Gasteiger partial charge in [0.05, 0.1) is 12.8 Å². The minimum atomic E-state index is 0.593. The fourth-order valence-electron chi connectivity index (χ4n) is 1.50. The summed E-state index contributed by atoms with van der Waals surface area (Å²) >= 11 is 5.22. The van der Waals surface area contributed by atoms with Crippen LogP contribution in [0.25, 0.3) is 0 Å². The molecule has 0 fully saturated rings. The van der Waals surface area contributed by atoms with E-state index in [1.54, 1.807) is 14.2 Å². The second-order valence-electron chi connectivity index (χ2n) is 3.93. The third-order valence-electron chi connectivity index (χ3n) is 2.41. The van der Waals surface area contributed by atoms with Gasteiger partial charge in [0.15, 0.2) is 5.11 Å². The number of aryl methyl sites for hydroxylation is 1. The van der Waals surface area contributed by atoms with Crippen molar-refractivity contribution in [3.05, 3.63) is 23.8 Å². The molecule has 1 aromatic rings. The number of anilines is 1. The van der Waals surface area contributed by atoms with Crippen LogP contribution in [-0.2, 0) is 4.74 Å². The van der Waals surface area contributed by atoms with Gasteiger partial charge >= 0.3 is 0 Å². The summed E-state index contributed by atoms with van der Waals surface area (Å²) < 4.78 is 10.2. The molecule has 0 amide bonds. The first-order chi connectivity index (χ1) is 8.67. The van der Waals surface area contributed by atoms with E-state index in [4.69, 9.17) is 21.7 Å². The van der Waals surface area contributed by atoms with Crippen molar-refractivity contribution < 1.29 is 9.47 Å². The van der Waals surface area contributed by atoms with Crippen LogP contribution in [0, 0.1) is 6.92 Å². The summed E-state index contributed by atoms with van der Waals surface area (Å²) in [5, 5.41) is 6.85. The Morgan fingerprint density at radius 1 is 1.33 bits per heavy atom. The molecule has 0 atom stereocenters. The maximum absolute atomic E-state index is 5.27. The number of benzene rings is 1. The minimum Gasteiger partial charge on any atom is -0.495 e. The predicted molar refractivity (Wildman–Crippen MR) is 78.4 cm³/mol. The van der Waals surface area contributed by atoms with Crippen LogP contribution in [0.5, 0.6) is 5.75 Å². The first-order valence-corrected chi connectivity index (χ1v) is 6.26. The quantitative estimate of drug-likeness (QED) is 0.612.